The van der Waals surface area contributed by atoms with Crippen LogP contribution in [0.4, 0.5) is 5.69 Å². The second-order valence-corrected chi connectivity index (χ2v) is 9.09. The summed E-state index contributed by atoms with van der Waals surface area (Å²) < 4.78 is 6.10. The smallest absolute Gasteiger partial charge is 0.226 e. The van der Waals surface area contributed by atoms with Crippen molar-refractivity contribution in [1.29, 1.82) is 0 Å². The predicted molar refractivity (Wildman–Crippen MR) is 105 cm³/mol. The van der Waals surface area contributed by atoms with Gasteiger partial charge in [-0.05, 0) is 18.6 Å². The van der Waals surface area contributed by atoms with E-state index in [0.717, 1.165) is 14.9 Å². The number of anilines is 1. The zero-order valence-electron chi connectivity index (χ0n) is 15.4. The number of hydrogen-bond donors (Lipinski definition) is 1. The van der Waals surface area contributed by atoms with Gasteiger partial charge in [-0.3, -0.25) is 4.79 Å². The summed E-state index contributed by atoms with van der Waals surface area (Å²) >= 11 is 2.95. The van der Waals surface area contributed by atoms with Gasteiger partial charge >= 0.3 is 0 Å². The first-order chi connectivity index (χ1) is 12.9. The third kappa shape index (κ3) is 5.61. The first-order valence-corrected chi connectivity index (χ1v) is 10.3. The fourth-order valence-corrected chi connectivity index (χ4v) is 3.76. The van der Waals surface area contributed by atoms with Crippen LogP contribution in [0.3, 0.4) is 0 Å². The molecule has 0 saturated heterocycles. The summed E-state index contributed by atoms with van der Waals surface area (Å²) in [6, 6.07) is 7.66. The molecule has 1 aromatic carbocycles. The maximum absolute atomic E-state index is 12.3. The SMILES string of the molecule is CC(C)(C)c1noc(CCCC(=O)Nc2ccccc2Sc2nncs2)n1. The summed E-state index contributed by atoms with van der Waals surface area (Å²) in [6.45, 7) is 6.10. The highest BCUT2D eigenvalue weighted by Crippen LogP contribution is 2.34. The van der Waals surface area contributed by atoms with Crippen molar-refractivity contribution in [2.24, 2.45) is 0 Å². The standard InChI is InChI=1S/C18H21N5O2S2/c1-18(2,3)16-21-15(25-23-16)10-6-9-14(24)20-12-7-4-5-8-13(12)27-17-22-19-11-26-17/h4-5,7-8,11H,6,9-10H2,1-3H3,(H,20,24). The molecule has 142 valence electrons. The van der Waals surface area contributed by atoms with Crippen LogP contribution >= 0.6 is 23.1 Å². The summed E-state index contributed by atoms with van der Waals surface area (Å²) in [5, 5.41) is 14.8. The lowest BCUT2D eigenvalue weighted by molar-refractivity contribution is -0.116. The monoisotopic (exact) mass is 403 g/mol. The summed E-state index contributed by atoms with van der Waals surface area (Å²) in [5.74, 6) is 1.21. The van der Waals surface area contributed by atoms with Gasteiger partial charge in [-0.2, -0.15) is 4.98 Å². The summed E-state index contributed by atoms with van der Waals surface area (Å²) in [6.07, 6.45) is 1.60. The Morgan fingerprint density at radius 3 is 2.81 bits per heavy atom. The van der Waals surface area contributed by atoms with E-state index in [9.17, 15) is 4.79 Å². The minimum atomic E-state index is -0.145. The van der Waals surface area contributed by atoms with E-state index in [-0.39, 0.29) is 11.3 Å². The molecule has 0 spiro atoms. The molecular weight excluding hydrogens is 382 g/mol. The van der Waals surface area contributed by atoms with E-state index < -0.39 is 0 Å². The van der Waals surface area contributed by atoms with E-state index in [1.54, 1.807) is 5.51 Å². The zero-order valence-corrected chi connectivity index (χ0v) is 17.1. The van der Waals surface area contributed by atoms with Gasteiger partial charge in [-0.25, -0.2) is 0 Å². The number of rotatable bonds is 7. The number of aryl methyl sites for hydroxylation is 1. The molecule has 0 radical (unpaired) electrons. The second-order valence-electron chi connectivity index (χ2n) is 6.97. The Labute approximate surface area is 166 Å². The molecule has 0 fully saturated rings. The molecule has 1 N–H and O–H groups in total. The number of nitrogens with one attached hydrogen (secondary N) is 1. The van der Waals surface area contributed by atoms with Gasteiger partial charge in [-0.15, -0.1) is 10.2 Å². The Bertz CT molecular complexity index is 887. The quantitative estimate of drug-likeness (QED) is 0.627. The van der Waals surface area contributed by atoms with Crippen LogP contribution in [0.15, 0.2) is 43.5 Å². The van der Waals surface area contributed by atoms with Crippen LogP contribution in [0.25, 0.3) is 0 Å². The van der Waals surface area contributed by atoms with Crippen LogP contribution in [0.1, 0.15) is 45.3 Å². The largest absolute Gasteiger partial charge is 0.339 e. The van der Waals surface area contributed by atoms with E-state index in [1.165, 1.54) is 23.1 Å². The minimum absolute atomic E-state index is 0.0455. The number of benzene rings is 1. The van der Waals surface area contributed by atoms with E-state index in [2.05, 4.69) is 25.7 Å². The number of para-hydroxylation sites is 1. The average Bonchev–Trinajstić information content (AvgIpc) is 3.28. The van der Waals surface area contributed by atoms with Crippen molar-refractivity contribution in [3.05, 3.63) is 41.5 Å². The Morgan fingerprint density at radius 2 is 2.11 bits per heavy atom. The molecule has 2 aromatic heterocycles. The normalized spacial score (nSPS) is 11.5. The van der Waals surface area contributed by atoms with E-state index in [0.29, 0.717) is 31.0 Å². The lowest BCUT2D eigenvalue weighted by atomic mass is 9.96. The molecule has 0 atom stereocenters. The molecule has 3 rings (SSSR count). The highest BCUT2D eigenvalue weighted by atomic mass is 32.2. The first-order valence-electron chi connectivity index (χ1n) is 8.58. The highest BCUT2D eigenvalue weighted by molar-refractivity contribution is 8.01. The van der Waals surface area contributed by atoms with Gasteiger partial charge in [0.25, 0.3) is 0 Å². The molecule has 7 nitrogen and oxygen atoms in total. The second kappa shape index (κ2) is 8.62. The van der Waals surface area contributed by atoms with E-state index in [1.807, 2.05) is 45.0 Å². The van der Waals surface area contributed by atoms with Crippen LogP contribution in [0, 0.1) is 0 Å². The molecule has 27 heavy (non-hydrogen) atoms. The zero-order chi connectivity index (χ0) is 19.3. The molecule has 0 aliphatic carbocycles. The van der Waals surface area contributed by atoms with Gasteiger partial charge in [0.2, 0.25) is 11.8 Å². The molecule has 0 bridgehead atoms. The van der Waals surface area contributed by atoms with Crippen molar-refractivity contribution in [3.8, 4) is 0 Å². The summed E-state index contributed by atoms with van der Waals surface area (Å²) in [4.78, 5) is 17.6. The Hall–Kier alpha value is -2.26. The van der Waals surface area contributed by atoms with Gasteiger partial charge in [0.1, 0.15) is 5.51 Å². The third-order valence-corrected chi connectivity index (χ3v) is 5.49. The Kier molecular flexibility index (Phi) is 6.22. The van der Waals surface area contributed by atoms with Crippen molar-refractivity contribution in [2.45, 2.75) is 54.7 Å². The highest BCUT2D eigenvalue weighted by Gasteiger charge is 2.20. The lowest BCUT2D eigenvalue weighted by Gasteiger charge is -2.10. The van der Waals surface area contributed by atoms with Gasteiger partial charge in [0.15, 0.2) is 10.2 Å². The number of hydrogen-bond acceptors (Lipinski definition) is 8. The van der Waals surface area contributed by atoms with Crippen molar-refractivity contribution >= 4 is 34.7 Å². The van der Waals surface area contributed by atoms with Crippen molar-refractivity contribution in [2.75, 3.05) is 5.32 Å². The molecule has 2 heterocycles. The number of carbonyl (C=O) groups excluding carboxylic acids is 1. The van der Waals surface area contributed by atoms with Crippen LogP contribution in [0.5, 0.6) is 0 Å². The van der Waals surface area contributed by atoms with Crippen LogP contribution in [-0.4, -0.2) is 26.2 Å². The molecular formula is C18H21N5O2S2. The fraction of sp³-hybridized carbons (Fsp3) is 0.389. The van der Waals surface area contributed by atoms with Crippen LogP contribution in [0.2, 0.25) is 0 Å². The van der Waals surface area contributed by atoms with E-state index in [4.69, 9.17) is 4.52 Å². The number of nitrogens with zero attached hydrogens (tertiary/aromatic N) is 4. The fourth-order valence-electron chi connectivity index (χ4n) is 2.23. The number of aromatic nitrogens is 4. The number of amides is 1. The molecule has 1 amide bonds. The average molecular weight is 404 g/mol. The van der Waals surface area contributed by atoms with E-state index >= 15 is 0 Å². The maximum Gasteiger partial charge on any atom is 0.226 e. The summed E-state index contributed by atoms with van der Waals surface area (Å²) in [5.41, 5.74) is 2.31. The van der Waals surface area contributed by atoms with Crippen molar-refractivity contribution < 1.29 is 9.32 Å². The molecule has 0 unspecified atom stereocenters. The Morgan fingerprint density at radius 1 is 1.30 bits per heavy atom. The van der Waals surface area contributed by atoms with Crippen molar-refractivity contribution in [3.63, 3.8) is 0 Å². The molecule has 0 saturated carbocycles. The van der Waals surface area contributed by atoms with Gasteiger partial charge < -0.3 is 9.84 Å². The third-order valence-electron chi connectivity index (χ3n) is 3.63. The predicted octanol–water partition coefficient (Wildman–Crippen LogP) is 4.33. The Balaban J connectivity index is 1.52. The molecule has 3 aromatic rings. The van der Waals surface area contributed by atoms with Crippen molar-refractivity contribution in [1.82, 2.24) is 20.3 Å². The topological polar surface area (TPSA) is 93.8 Å². The van der Waals surface area contributed by atoms with Gasteiger partial charge in [-0.1, -0.05) is 61.2 Å². The number of carbonyl (C=O) groups is 1. The molecule has 0 aliphatic rings. The first kappa shape index (κ1) is 19.5. The van der Waals surface area contributed by atoms with Crippen LogP contribution in [-0.2, 0) is 16.6 Å². The van der Waals surface area contributed by atoms with Crippen LogP contribution < -0.4 is 5.32 Å². The maximum atomic E-state index is 12.3. The summed E-state index contributed by atoms with van der Waals surface area (Å²) in [7, 11) is 0. The lowest BCUT2D eigenvalue weighted by Crippen LogP contribution is -2.13. The molecule has 9 heteroatoms. The molecule has 0 aliphatic heterocycles. The van der Waals surface area contributed by atoms with Gasteiger partial charge in [0.05, 0.1) is 5.69 Å². The minimum Gasteiger partial charge on any atom is -0.339 e. The van der Waals surface area contributed by atoms with Gasteiger partial charge in [0, 0.05) is 23.2 Å².